The molecule has 20 heavy (non-hydrogen) atoms. The van der Waals surface area contributed by atoms with Crippen LogP contribution in [-0.4, -0.2) is 24.4 Å². The maximum absolute atomic E-state index is 12.6. The smallest absolute Gasteiger partial charge is 0.250 e. The van der Waals surface area contributed by atoms with Gasteiger partial charge in [0.2, 0.25) is 5.91 Å². The van der Waals surface area contributed by atoms with Crippen molar-refractivity contribution >= 4 is 45.0 Å². The molecule has 1 aliphatic heterocycles. The molecule has 1 aliphatic rings. The SMILES string of the molecule is CC(C)(C)C1NC(=O)CN(c2cc(Br)ccc2Cl)C1=O. The number of nitrogens with zero attached hydrogens (tertiary/aromatic N) is 1. The van der Waals surface area contributed by atoms with Crippen LogP contribution in [-0.2, 0) is 9.59 Å². The monoisotopic (exact) mass is 358 g/mol. The van der Waals surface area contributed by atoms with E-state index in [9.17, 15) is 9.59 Å². The standard InChI is InChI=1S/C14H16BrClN2O2/c1-14(2,3)12-13(20)18(7-11(19)17-12)10-6-8(15)4-5-9(10)16/h4-6,12H,7H2,1-3H3,(H,17,19). The molecule has 2 amide bonds. The first-order chi connectivity index (χ1) is 9.20. The lowest BCUT2D eigenvalue weighted by molar-refractivity contribution is -0.133. The molecule has 0 aliphatic carbocycles. The number of halogens is 2. The molecule has 0 bridgehead atoms. The Hall–Kier alpha value is -1.07. The van der Waals surface area contributed by atoms with Crippen molar-refractivity contribution in [3.8, 4) is 0 Å². The van der Waals surface area contributed by atoms with Crippen LogP contribution in [0.3, 0.4) is 0 Å². The Morgan fingerprint density at radius 1 is 1.35 bits per heavy atom. The summed E-state index contributed by atoms with van der Waals surface area (Å²) in [5.74, 6) is -0.322. The molecule has 1 heterocycles. The molecule has 1 fully saturated rings. The van der Waals surface area contributed by atoms with Crippen molar-refractivity contribution in [1.29, 1.82) is 0 Å². The Morgan fingerprint density at radius 3 is 2.60 bits per heavy atom. The van der Waals surface area contributed by atoms with Crippen LogP contribution in [0.25, 0.3) is 0 Å². The molecule has 1 aromatic rings. The van der Waals surface area contributed by atoms with Gasteiger partial charge in [-0.15, -0.1) is 0 Å². The van der Waals surface area contributed by atoms with Gasteiger partial charge in [0.15, 0.2) is 0 Å². The zero-order valence-electron chi connectivity index (χ0n) is 11.5. The first-order valence-corrected chi connectivity index (χ1v) is 7.43. The third kappa shape index (κ3) is 2.99. The average molecular weight is 360 g/mol. The van der Waals surface area contributed by atoms with Crippen LogP contribution in [0, 0.1) is 5.41 Å². The first kappa shape index (κ1) is 15.3. The molecular weight excluding hydrogens is 344 g/mol. The maximum atomic E-state index is 12.6. The quantitative estimate of drug-likeness (QED) is 0.838. The van der Waals surface area contributed by atoms with Gasteiger partial charge in [0.05, 0.1) is 10.7 Å². The molecule has 4 nitrogen and oxygen atoms in total. The fourth-order valence-electron chi connectivity index (χ4n) is 2.13. The zero-order valence-corrected chi connectivity index (χ0v) is 13.9. The molecule has 1 unspecified atom stereocenters. The summed E-state index contributed by atoms with van der Waals surface area (Å²) in [5, 5.41) is 3.20. The summed E-state index contributed by atoms with van der Waals surface area (Å²) >= 11 is 9.51. The van der Waals surface area contributed by atoms with Crippen LogP contribution in [0.2, 0.25) is 5.02 Å². The van der Waals surface area contributed by atoms with E-state index in [0.29, 0.717) is 10.7 Å². The molecular formula is C14H16BrClN2O2. The highest BCUT2D eigenvalue weighted by Gasteiger charge is 2.40. The van der Waals surface area contributed by atoms with E-state index in [0.717, 1.165) is 4.47 Å². The Labute approximate surface area is 131 Å². The molecule has 2 rings (SSSR count). The number of rotatable bonds is 1. The number of piperazine rings is 1. The topological polar surface area (TPSA) is 49.4 Å². The molecule has 1 aromatic carbocycles. The molecule has 0 spiro atoms. The van der Waals surface area contributed by atoms with E-state index < -0.39 is 6.04 Å². The fourth-order valence-corrected chi connectivity index (χ4v) is 2.70. The molecule has 0 aromatic heterocycles. The number of nitrogens with one attached hydrogen (secondary N) is 1. The first-order valence-electron chi connectivity index (χ1n) is 6.26. The third-order valence-electron chi connectivity index (χ3n) is 3.19. The highest BCUT2D eigenvalue weighted by molar-refractivity contribution is 9.10. The van der Waals surface area contributed by atoms with Crippen molar-refractivity contribution in [3.63, 3.8) is 0 Å². The second-order valence-electron chi connectivity index (χ2n) is 5.89. The number of benzene rings is 1. The maximum Gasteiger partial charge on any atom is 0.250 e. The number of amides is 2. The summed E-state index contributed by atoms with van der Waals surface area (Å²) in [6.07, 6.45) is 0. The van der Waals surface area contributed by atoms with Crippen LogP contribution < -0.4 is 10.2 Å². The molecule has 0 radical (unpaired) electrons. The van der Waals surface area contributed by atoms with Crippen molar-refractivity contribution in [3.05, 3.63) is 27.7 Å². The number of hydrogen-bond donors (Lipinski definition) is 1. The van der Waals surface area contributed by atoms with E-state index in [1.807, 2.05) is 20.8 Å². The van der Waals surface area contributed by atoms with Gasteiger partial charge in [-0.1, -0.05) is 48.3 Å². The zero-order chi connectivity index (χ0) is 15.1. The molecule has 1 atom stereocenters. The van der Waals surface area contributed by atoms with Gasteiger partial charge in [-0.05, 0) is 23.6 Å². The normalized spacial score (nSPS) is 20.1. The van der Waals surface area contributed by atoms with Gasteiger partial charge in [-0.2, -0.15) is 0 Å². The lowest BCUT2D eigenvalue weighted by atomic mass is 9.84. The Kier molecular flexibility index (Phi) is 4.12. The van der Waals surface area contributed by atoms with Crippen LogP contribution in [0.4, 0.5) is 5.69 Å². The minimum absolute atomic E-state index is 0.0123. The van der Waals surface area contributed by atoms with Gasteiger partial charge in [-0.3, -0.25) is 14.5 Å². The van der Waals surface area contributed by atoms with Crippen molar-refractivity contribution in [2.24, 2.45) is 5.41 Å². The van der Waals surface area contributed by atoms with E-state index in [1.165, 1.54) is 4.90 Å². The summed E-state index contributed by atoms with van der Waals surface area (Å²) < 4.78 is 0.808. The second-order valence-corrected chi connectivity index (χ2v) is 7.21. The summed E-state index contributed by atoms with van der Waals surface area (Å²) in [4.78, 5) is 26.0. The predicted octanol–water partition coefficient (Wildman–Crippen LogP) is 2.98. The van der Waals surface area contributed by atoms with E-state index in [1.54, 1.807) is 18.2 Å². The molecule has 6 heteroatoms. The number of carbonyl (C=O) groups excluding carboxylic acids is 2. The lowest BCUT2D eigenvalue weighted by Gasteiger charge is -2.39. The molecule has 1 saturated heterocycles. The Morgan fingerprint density at radius 2 is 2.00 bits per heavy atom. The second kappa shape index (κ2) is 5.37. The summed E-state index contributed by atoms with van der Waals surface area (Å²) in [5.41, 5.74) is 0.194. The van der Waals surface area contributed by atoms with Crippen LogP contribution in [0.15, 0.2) is 22.7 Å². The predicted molar refractivity (Wildman–Crippen MR) is 82.9 cm³/mol. The highest BCUT2D eigenvalue weighted by atomic mass is 79.9. The summed E-state index contributed by atoms with van der Waals surface area (Å²) in [7, 11) is 0. The molecule has 1 N–H and O–H groups in total. The van der Waals surface area contributed by atoms with Gasteiger partial charge in [0.25, 0.3) is 5.91 Å². The van der Waals surface area contributed by atoms with Gasteiger partial charge in [0.1, 0.15) is 12.6 Å². The van der Waals surface area contributed by atoms with E-state index in [-0.39, 0.29) is 23.8 Å². The number of hydrogen-bond acceptors (Lipinski definition) is 2. The lowest BCUT2D eigenvalue weighted by Crippen LogP contribution is -2.62. The van der Waals surface area contributed by atoms with Crippen molar-refractivity contribution in [2.45, 2.75) is 26.8 Å². The van der Waals surface area contributed by atoms with Crippen LogP contribution >= 0.6 is 27.5 Å². The fraction of sp³-hybridized carbons (Fsp3) is 0.429. The number of anilines is 1. The van der Waals surface area contributed by atoms with E-state index in [2.05, 4.69) is 21.2 Å². The van der Waals surface area contributed by atoms with Crippen molar-refractivity contribution < 1.29 is 9.59 Å². The van der Waals surface area contributed by atoms with Gasteiger partial charge in [0, 0.05) is 4.47 Å². The van der Waals surface area contributed by atoms with Crippen molar-refractivity contribution in [2.75, 3.05) is 11.4 Å². The largest absolute Gasteiger partial charge is 0.342 e. The minimum Gasteiger partial charge on any atom is -0.342 e. The number of carbonyl (C=O) groups is 2. The van der Waals surface area contributed by atoms with Gasteiger partial charge < -0.3 is 5.32 Å². The van der Waals surface area contributed by atoms with Gasteiger partial charge in [-0.25, -0.2) is 0 Å². The summed E-state index contributed by atoms with van der Waals surface area (Å²) in [6, 6.07) is 4.69. The van der Waals surface area contributed by atoms with Crippen LogP contribution in [0.1, 0.15) is 20.8 Å². The average Bonchev–Trinajstić information content (AvgIpc) is 2.33. The molecule has 108 valence electrons. The van der Waals surface area contributed by atoms with Crippen molar-refractivity contribution in [1.82, 2.24) is 5.32 Å². The molecule has 0 saturated carbocycles. The summed E-state index contributed by atoms with van der Waals surface area (Å²) in [6.45, 7) is 5.74. The van der Waals surface area contributed by atoms with E-state index >= 15 is 0 Å². The highest BCUT2D eigenvalue weighted by Crippen LogP contribution is 2.32. The Balaban J connectivity index is 2.43. The third-order valence-corrected chi connectivity index (χ3v) is 4.00. The van der Waals surface area contributed by atoms with Gasteiger partial charge >= 0.3 is 0 Å². The Bertz CT molecular complexity index is 569. The van der Waals surface area contributed by atoms with E-state index in [4.69, 9.17) is 11.6 Å². The minimum atomic E-state index is -0.557. The van der Waals surface area contributed by atoms with Crippen LogP contribution in [0.5, 0.6) is 0 Å².